The summed E-state index contributed by atoms with van der Waals surface area (Å²) in [6.07, 6.45) is 2.11. The van der Waals surface area contributed by atoms with E-state index in [9.17, 15) is 14.0 Å². The lowest BCUT2D eigenvalue weighted by molar-refractivity contribution is -0.136. The van der Waals surface area contributed by atoms with Gasteiger partial charge in [0.2, 0.25) is 11.8 Å². The molecular formula is C19H21FN4O2S2. The van der Waals surface area contributed by atoms with Crippen LogP contribution >= 0.6 is 23.1 Å². The Morgan fingerprint density at radius 3 is 2.71 bits per heavy atom. The molecular weight excluding hydrogens is 399 g/mol. The quantitative estimate of drug-likeness (QED) is 0.817. The summed E-state index contributed by atoms with van der Waals surface area (Å²) >= 11 is 3.02. The Labute approximate surface area is 171 Å². The third-order valence-corrected chi connectivity index (χ3v) is 7.16. The number of benzene rings is 1. The molecule has 2 saturated heterocycles. The summed E-state index contributed by atoms with van der Waals surface area (Å²) in [6, 6.07) is 5.98. The Bertz CT molecular complexity index is 840. The van der Waals surface area contributed by atoms with Gasteiger partial charge in [-0.3, -0.25) is 9.59 Å². The largest absolute Gasteiger partial charge is 0.345 e. The highest BCUT2D eigenvalue weighted by atomic mass is 32.2. The van der Waals surface area contributed by atoms with Crippen molar-refractivity contribution in [3.8, 4) is 0 Å². The zero-order valence-corrected chi connectivity index (χ0v) is 16.8. The van der Waals surface area contributed by atoms with E-state index < -0.39 is 6.04 Å². The van der Waals surface area contributed by atoms with Crippen molar-refractivity contribution in [3.05, 3.63) is 47.2 Å². The summed E-state index contributed by atoms with van der Waals surface area (Å²) in [5.41, 5.74) is 0.526. The maximum atomic E-state index is 13.8. The molecule has 0 radical (unpaired) electrons. The van der Waals surface area contributed by atoms with Crippen molar-refractivity contribution in [1.82, 2.24) is 15.2 Å². The van der Waals surface area contributed by atoms with Gasteiger partial charge >= 0.3 is 0 Å². The lowest BCUT2D eigenvalue weighted by Gasteiger charge is -2.37. The van der Waals surface area contributed by atoms with Crippen molar-refractivity contribution in [1.29, 1.82) is 0 Å². The molecule has 9 heteroatoms. The van der Waals surface area contributed by atoms with Gasteiger partial charge in [-0.05, 0) is 18.1 Å². The van der Waals surface area contributed by atoms with Gasteiger partial charge in [0.15, 0.2) is 5.13 Å². The highest BCUT2D eigenvalue weighted by molar-refractivity contribution is 8.00. The smallest absolute Gasteiger partial charge is 0.246 e. The molecule has 28 heavy (non-hydrogen) atoms. The summed E-state index contributed by atoms with van der Waals surface area (Å²) in [5, 5.41) is 5.39. The number of hydrogen-bond donors (Lipinski definition) is 1. The van der Waals surface area contributed by atoms with Crippen LogP contribution in [0.4, 0.5) is 9.52 Å². The van der Waals surface area contributed by atoms with E-state index in [0.29, 0.717) is 30.8 Å². The maximum Gasteiger partial charge on any atom is 0.246 e. The van der Waals surface area contributed by atoms with Crippen LogP contribution in [0.5, 0.6) is 0 Å². The lowest BCUT2D eigenvalue weighted by atomic mass is 10.1. The molecule has 0 saturated carbocycles. The van der Waals surface area contributed by atoms with E-state index in [4.69, 9.17) is 0 Å². The molecule has 2 atom stereocenters. The number of thiazole rings is 1. The van der Waals surface area contributed by atoms with Gasteiger partial charge in [0.1, 0.15) is 11.9 Å². The fraction of sp³-hybridized carbons (Fsp3) is 0.421. The Kier molecular flexibility index (Phi) is 5.82. The summed E-state index contributed by atoms with van der Waals surface area (Å²) in [5.74, 6) is -0.0217. The van der Waals surface area contributed by atoms with Crippen LogP contribution in [0.25, 0.3) is 0 Å². The van der Waals surface area contributed by atoms with E-state index in [-0.39, 0.29) is 22.9 Å². The van der Waals surface area contributed by atoms with Crippen LogP contribution in [-0.2, 0) is 16.0 Å². The van der Waals surface area contributed by atoms with Crippen LogP contribution in [0.2, 0.25) is 0 Å². The number of aromatic nitrogens is 1. The van der Waals surface area contributed by atoms with Gasteiger partial charge in [-0.25, -0.2) is 9.37 Å². The summed E-state index contributed by atoms with van der Waals surface area (Å²) < 4.78 is 13.8. The van der Waals surface area contributed by atoms with Crippen LogP contribution in [0.1, 0.15) is 5.56 Å². The van der Waals surface area contributed by atoms with Crippen molar-refractivity contribution in [2.45, 2.75) is 17.7 Å². The Morgan fingerprint density at radius 1 is 1.25 bits per heavy atom. The average molecular weight is 421 g/mol. The molecule has 0 spiro atoms. The predicted octanol–water partition coefficient (Wildman–Crippen LogP) is 1.77. The number of anilines is 1. The van der Waals surface area contributed by atoms with Crippen molar-refractivity contribution < 1.29 is 14.0 Å². The molecule has 0 bridgehead atoms. The second-order valence-corrected chi connectivity index (χ2v) is 8.91. The van der Waals surface area contributed by atoms with Crippen molar-refractivity contribution >= 4 is 40.0 Å². The van der Waals surface area contributed by atoms with Gasteiger partial charge in [0.05, 0.1) is 5.25 Å². The number of amides is 2. The average Bonchev–Trinajstić information content (AvgIpc) is 3.25. The topological polar surface area (TPSA) is 65.5 Å². The Balaban J connectivity index is 1.30. The number of carbonyl (C=O) groups excluding carboxylic acids is 2. The molecule has 3 heterocycles. The van der Waals surface area contributed by atoms with Crippen LogP contribution in [0, 0.1) is 5.82 Å². The highest BCUT2D eigenvalue weighted by Gasteiger charge is 2.35. The first-order valence-corrected chi connectivity index (χ1v) is 11.1. The first-order chi connectivity index (χ1) is 13.6. The third kappa shape index (κ3) is 4.15. The zero-order chi connectivity index (χ0) is 19.5. The molecule has 1 N–H and O–H groups in total. The fourth-order valence-corrected chi connectivity index (χ4v) is 5.32. The molecule has 2 unspecified atom stereocenters. The first-order valence-electron chi connectivity index (χ1n) is 9.20. The molecule has 148 valence electrons. The molecule has 6 nitrogen and oxygen atoms in total. The predicted molar refractivity (Wildman–Crippen MR) is 109 cm³/mol. The Morgan fingerprint density at radius 2 is 2.04 bits per heavy atom. The SMILES string of the molecule is O=C1NC(C(=O)N2CCN(c3nccs3)CC2)CSC1Cc1ccccc1F. The van der Waals surface area contributed by atoms with Gasteiger partial charge in [-0.1, -0.05) is 18.2 Å². The van der Waals surface area contributed by atoms with E-state index in [2.05, 4.69) is 15.2 Å². The van der Waals surface area contributed by atoms with E-state index in [1.54, 1.807) is 35.7 Å². The second kappa shape index (κ2) is 8.48. The minimum absolute atomic E-state index is 0.0380. The fourth-order valence-electron chi connectivity index (χ4n) is 3.45. The van der Waals surface area contributed by atoms with Gasteiger partial charge in [0, 0.05) is 43.5 Å². The van der Waals surface area contributed by atoms with Crippen LogP contribution in [0.3, 0.4) is 0 Å². The minimum Gasteiger partial charge on any atom is -0.345 e. The summed E-state index contributed by atoms with van der Waals surface area (Å²) in [4.78, 5) is 33.6. The van der Waals surface area contributed by atoms with Crippen LogP contribution < -0.4 is 10.2 Å². The number of rotatable bonds is 4. The highest BCUT2D eigenvalue weighted by Crippen LogP contribution is 2.25. The number of thioether (sulfide) groups is 1. The molecule has 2 aromatic rings. The van der Waals surface area contributed by atoms with Gasteiger partial charge in [0.25, 0.3) is 0 Å². The minimum atomic E-state index is -0.513. The van der Waals surface area contributed by atoms with E-state index in [0.717, 1.165) is 18.2 Å². The first kappa shape index (κ1) is 19.2. The number of nitrogens with zero attached hydrogens (tertiary/aromatic N) is 3. The zero-order valence-electron chi connectivity index (χ0n) is 15.2. The molecule has 1 aromatic carbocycles. The number of piperazine rings is 1. The molecule has 2 fully saturated rings. The van der Waals surface area contributed by atoms with Crippen LogP contribution in [0.15, 0.2) is 35.8 Å². The van der Waals surface area contributed by atoms with Crippen molar-refractivity contribution in [2.75, 3.05) is 36.8 Å². The van der Waals surface area contributed by atoms with Gasteiger partial charge in [-0.2, -0.15) is 0 Å². The van der Waals surface area contributed by atoms with Gasteiger partial charge < -0.3 is 15.1 Å². The molecule has 2 aliphatic heterocycles. The molecule has 2 aliphatic rings. The number of carbonyl (C=O) groups is 2. The Hall–Kier alpha value is -2.13. The molecule has 0 aliphatic carbocycles. The van der Waals surface area contributed by atoms with Crippen molar-refractivity contribution in [2.24, 2.45) is 0 Å². The summed E-state index contributed by atoms with van der Waals surface area (Å²) in [7, 11) is 0. The van der Waals surface area contributed by atoms with Gasteiger partial charge in [-0.15, -0.1) is 23.1 Å². The van der Waals surface area contributed by atoms with Crippen LogP contribution in [-0.4, -0.2) is 64.9 Å². The van der Waals surface area contributed by atoms with E-state index >= 15 is 0 Å². The molecule has 2 amide bonds. The number of halogens is 1. The summed E-state index contributed by atoms with van der Waals surface area (Å²) in [6.45, 7) is 2.72. The maximum absolute atomic E-state index is 13.8. The molecule has 1 aromatic heterocycles. The normalized spacial score (nSPS) is 22.8. The van der Waals surface area contributed by atoms with E-state index in [1.807, 2.05) is 10.3 Å². The molecule has 4 rings (SSSR count). The van der Waals surface area contributed by atoms with Crippen molar-refractivity contribution in [3.63, 3.8) is 0 Å². The monoisotopic (exact) mass is 420 g/mol. The lowest BCUT2D eigenvalue weighted by Crippen LogP contribution is -2.58. The second-order valence-electron chi connectivity index (χ2n) is 6.81. The standard InChI is InChI=1S/C19H21FN4O2S2/c20-14-4-2-1-3-13(14)11-16-17(25)22-15(12-28-16)18(26)23-6-8-24(9-7-23)19-21-5-10-27-19/h1-5,10,15-16H,6-9,11-12H2,(H,22,25). The number of hydrogen-bond acceptors (Lipinski definition) is 6. The number of nitrogens with one attached hydrogen (secondary N) is 1. The third-order valence-electron chi connectivity index (χ3n) is 5.02. The van der Waals surface area contributed by atoms with E-state index in [1.165, 1.54) is 17.8 Å².